The number of likely N-dealkylation sites (tertiary alicyclic amines) is 1. The monoisotopic (exact) mass is 390 g/mol. The van der Waals surface area contributed by atoms with Crippen LogP contribution in [0.1, 0.15) is 49.9 Å². The van der Waals surface area contributed by atoms with Crippen LogP contribution in [0.2, 0.25) is 0 Å². The molecule has 0 spiro atoms. The fourth-order valence-corrected chi connectivity index (χ4v) is 3.51. The van der Waals surface area contributed by atoms with E-state index in [9.17, 15) is 14.4 Å². The Kier molecular flexibility index (Phi) is 8.44. The van der Waals surface area contributed by atoms with Gasteiger partial charge in [-0.15, -0.1) is 0 Å². The van der Waals surface area contributed by atoms with Crippen molar-refractivity contribution in [1.82, 2.24) is 9.80 Å². The summed E-state index contributed by atoms with van der Waals surface area (Å²) in [5.74, 6) is 0.0221. The third-order valence-corrected chi connectivity index (χ3v) is 5.14. The number of benzene rings is 1. The number of rotatable bonds is 10. The first-order valence-electron chi connectivity index (χ1n) is 9.88. The maximum Gasteiger partial charge on any atom is 0.317 e. The van der Waals surface area contributed by atoms with E-state index in [2.05, 4.69) is 0 Å². The first-order chi connectivity index (χ1) is 13.4. The Labute approximate surface area is 166 Å². The zero-order valence-corrected chi connectivity index (χ0v) is 16.7. The number of carboxylic acids is 1. The van der Waals surface area contributed by atoms with Gasteiger partial charge in [0.2, 0.25) is 5.91 Å². The normalized spacial score (nSPS) is 14.9. The van der Waals surface area contributed by atoms with Gasteiger partial charge in [-0.05, 0) is 57.0 Å². The van der Waals surface area contributed by atoms with E-state index in [1.165, 1.54) is 6.92 Å². The Hall–Kier alpha value is -2.41. The van der Waals surface area contributed by atoms with E-state index < -0.39 is 5.97 Å². The van der Waals surface area contributed by atoms with Crippen molar-refractivity contribution in [2.75, 3.05) is 32.8 Å². The number of carboxylic acid groups (broad SMARTS) is 1. The van der Waals surface area contributed by atoms with E-state index in [-0.39, 0.29) is 24.3 Å². The number of nitrogens with zero attached hydrogens (tertiary/aromatic N) is 2. The third kappa shape index (κ3) is 6.64. The molecule has 0 unspecified atom stereocenters. The van der Waals surface area contributed by atoms with Crippen molar-refractivity contribution >= 4 is 17.7 Å². The number of likely N-dealkylation sites (N-methyl/N-ethyl adjacent to an activating group) is 1. The maximum absolute atomic E-state index is 12.4. The average Bonchev–Trinajstić information content (AvgIpc) is 2.69. The van der Waals surface area contributed by atoms with E-state index in [0.29, 0.717) is 50.4 Å². The summed E-state index contributed by atoms with van der Waals surface area (Å²) >= 11 is 0. The SMILES string of the molecule is CCN(CC(=O)O)C1CCN(C(=O)CCCOc2ccc(C(C)=O)cc2)CC1. The van der Waals surface area contributed by atoms with Crippen LogP contribution in [0.15, 0.2) is 24.3 Å². The average molecular weight is 390 g/mol. The van der Waals surface area contributed by atoms with Crippen molar-refractivity contribution in [3.63, 3.8) is 0 Å². The number of Topliss-reactive ketones (excluding diaryl/α,β-unsaturated/α-hetero) is 1. The number of carbonyl (C=O) groups excluding carboxylic acids is 2. The van der Waals surface area contributed by atoms with Gasteiger partial charge in [-0.3, -0.25) is 19.3 Å². The van der Waals surface area contributed by atoms with Crippen LogP contribution < -0.4 is 4.74 Å². The largest absolute Gasteiger partial charge is 0.494 e. The van der Waals surface area contributed by atoms with Crippen LogP contribution in [-0.2, 0) is 9.59 Å². The highest BCUT2D eigenvalue weighted by Crippen LogP contribution is 2.18. The summed E-state index contributed by atoms with van der Waals surface area (Å²) in [6.07, 6.45) is 2.69. The molecule has 2 rings (SSSR count). The summed E-state index contributed by atoms with van der Waals surface area (Å²) < 4.78 is 5.63. The fraction of sp³-hybridized carbons (Fsp3) is 0.571. The molecule has 0 saturated carbocycles. The van der Waals surface area contributed by atoms with Gasteiger partial charge in [0, 0.05) is 31.1 Å². The first-order valence-corrected chi connectivity index (χ1v) is 9.88. The lowest BCUT2D eigenvalue weighted by Gasteiger charge is -2.37. The molecular weight excluding hydrogens is 360 g/mol. The summed E-state index contributed by atoms with van der Waals surface area (Å²) in [6, 6.07) is 7.22. The van der Waals surface area contributed by atoms with Gasteiger partial charge >= 0.3 is 5.97 Å². The number of ether oxygens (including phenoxy) is 1. The number of carbonyl (C=O) groups is 3. The van der Waals surface area contributed by atoms with Gasteiger partial charge in [-0.2, -0.15) is 0 Å². The van der Waals surface area contributed by atoms with Gasteiger partial charge in [0.1, 0.15) is 5.75 Å². The number of ketones is 1. The molecule has 1 amide bonds. The van der Waals surface area contributed by atoms with Gasteiger partial charge in [-0.25, -0.2) is 0 Å². The van der Waals surface area contributed by atoms with Crippen molar-refractivity contribution in [3.8, 4) is 5.75 Å². The van der Waals surface area contributed by atoms with Crippen LogP contribution in [-0.4, -0.2) is 71.4 Å². The number of amides is 1. The predicted molar refractivity (Wildman–Crippen MR) is 106 cm³/mol. The Morgan fingerprint density at radius 2 is 1.82 bits per heavy atom. The lowest BCUT2D eigenvalue weighted by atomic mass is 10.0. The lowest BCUT2D eigenvalue weighted by Crippen LogP contribution is -2.48. The van der Waals surface area contributed by atoms with Crippen LogP contribution in [0.3, 0.4) is 0 Å². The van der Waals surface area contributed by atoms with Crippen molar-refractivity contribution in [1.29, 1.82) is 0 Å². The molecule has 1 aromatic rings. The molecule has 7 heteroatoms. The molecule has 1 heterocycles. The Morgan fingerprint density at radius 1 is 1.18 bits per heavy atom. The van der Waals surface area contributed by atoms with Crippen molar-refractivity contribution in [3.05, 3.63) is 29.8 Å². The second-order valence-corrected chi connectivity index (χ2v) is 7.10. The van der Waals surface area contributed by atoms with Crippen LogP contribution in [0.25, 0.3) is 0 Å². The molecule has 0 radical (unpaired) electrons. The zero-order chi connectivity index (χ0) is 20.5. The van der Waals surface area contributed by atoms with E-state index >= 15 is 0 Å². The number of piperidine rings is 1. The molecule has 0 atom stereocenters. The minimum atomic E-state index is -0.809. The van der Waals surface area contributed by atoms with E-state index in [4.69, 9.17) is 9.84 Å². The molecule has 1 aromatic carbocycles. The second-order valence-electron chi connectivity index (χ2n) is 7.10. The van der Waals surface area contributed by atoms with Crippen molar-refractivity contribution in [2.24, 2.45) is 0 Å². The van der Waals surface area contributed by atoms with Crippen LogP contribution in [0, 0.1) is 0 Å². The molecule has 1 fully saturated rings. The van der Waals surface area contributed by atoms with Gasteiger partial charge in [-0.1, -0.05) is 6.92 Å². The van der Waals surface area contributed by atoms with Crippen LogP contribution in [0.5, 0.6) is 5.75 Å². The van der Waals surface area contributed by atoms with E-state index in [1.54, 1.807) is 24.3 Å². The molecule has 154 valence electrons. The molecule has 1 saturated heterocycles. The zero-order valence-electron chi connectivity index (χ0n) is 16.7. The minimum absolute atomic E-state index is 0.0194. The Balaban J connectivity index is 1.67. The van der Waals surface area contributed by atoms with E-state index in [1.807, 2.05) is 16.7 Å². The number of hydrogen-bond acceptors (Lipinski definition) is 5. The second kappa shape index (κ2) is 10.8. The standard InChI is InChI=1S/C21H30N2O5/c1-3-22(15-21(26)27)18-10-12-23(13-11-18)20(25)5-4-14-28-19-8-6-17(7-9-19)16(2)24/h6-9,18H,3-5,10-15H2,1-2H3,(H,26,27). The smallest absolute Gasteiger partial charge is 0.317 e. The van der Waals surface area contributed by atoms with E-state index in [0.717, 1.165) is 12.8 Å². The van der Waals surface area contributed by atoms with Crippen LogP contribution in [0.4, 0.5) is 0 Å². The molecule has 28 heavy (non-hydrogen) atoms. The topological polar surface area (TPSA) is 87.2 Å². The molecule has 1 aliphatic heterocycles. The number of hydrogen-bond donors (Lipinski definition) is 1. The van der Waals surface area contributed by atoms with Gasteiger partial charge in [0.05, 0.1) is 13.2 Å². The summed E-state index contributed by atoms with van der Waals surface area (Å²) in [5, 5.41) is 8.99. The highest BCUT2D eigenvalue weighted by atomic mass is 16.5. The molecule has 1 aliphatic rings. The quantitative estimate of drug-likeness (QED) is 0.488. The summed E-state index contributed by atoms with van der Waals surface area (Å²) in [7, 11) is 0. The molecule has 1 N–H and O–H groups in total. The van der Waals surface area contributed by atoms with Gasteiger partial charge in [0.15, 0.2) is 5.78 Å². The highest BCUT2D eigenvalue weighted by Gasteiger charge is 2.26. The van der Waals surface area contributed by atoms with Crippen molar-refractivity contribution < 1.29 is 24.2 Å². The highest BCUT2D eigenvalue weighted by molar-refractivity contribution is 5.94. The number of aliphatic carboxylic acids is 1. The molecular formula is C21H30N2O5. The summed E-state index contributed by atoms with van der Waals surface area (Å²) in [5.41, 5.74) is 0.649. The Bertz CT molecular complexity index is 666. The Morgan fingerprint density at radius 3 is 2.36 bits per heavy atom. The van der Waals surface area contributed by atoms with Gasteiger partial charge < -0.3 is 14.7 Å². The van der Waals surface area contributed by atoms with Crippen molar-refractivity contribution in [2.45, 2.75) is 45.6 Å². The summed E-state index contributed by atoms with van der Waals surface area (Å²) in [6.45, 7) is 6.05. The van der Waals surface area contributed by atoms with Gasteiger partial charge in [0.25, 0.3) is 0 Å². The van der Waals surface area contributed by atoms with Crippen LogP contribution >= 0.6 is 0 Å². The maximum atomic E-state index is 12.4. The minimum Gasteiger partial charge on any atom is -0.494 e. The lowest BCUT2D eigenvalue weighted by molar-refractivity contribution is -0.140. The fourth-order valence-electron chi connectivity index (χ4n) is 3.51. The third-order valence-electron chi connectivity index (χ3n) is 5.14. The summed E-state index contributed by atoms with van der Waals surface area (Å²) in [4.78, 5) is 38.4. The first kappa shape index (κ1) is 21.9. The molecule has 0 aliphatic carbocycles. The molecule has 0 aromatic heterocycles. The predicted octanol–water partition coefficient (Wildman–Crippen LogP) is 2.45. The molecule has 0 bridgehead atoms. The molecule has 7 nitrogen and oxygen atoms in total.